The number of unbranched alkanes of at least 4 members (excludes halogenated alkanes) is 29. The normalized spacial score (nSPS) is 13.7. The molecule has 0 spiro atoms. The largest absolute Gasteiger partial charge is 0.472 e. The SMILES string of the molecule is CCCCC/C=C\C/C=C\C/C=C\CCCCCCCCC(=O)OCC(COP(=O)(O)OCC(CO)OC(=O)CCCCCCC/C=C\CCCCCC)OC(=O)CCCCCCC/C=C\CCCCCCCC. The molecule has 0 saturated carbocycles. The van der Waals surface area contributed by atoms with Crippen LogP contribution >= 0.6 is 7.82 Å². The number of phosphoric acid groups is 1. The number of esters is 3. The molecule has 3 atom stereocenters. The van der Waals surface area contributed by atoms with Crippen LogP contribution in [0.5, 0.6) is 0 Å². The molecule has 74 heavy (non-hydrogen) atoms. The Kier molecular flexibility index (Phi) is 54.2. The van der Waals surface area contributed by atoms with Crippen molar-refractivity contribution >= 4 is 25.7 Å². The van der Waals surface area contributed by atoms with Crippen molar-refractivity contribution in [2.75, 3.05) is 26.4 Å². The van der Waals surface area contributed by atoms with Gasteiger partial charge < -0.3 is 24.2 Å². The van der Waals surface area contributed by atoms with E-state index in [2.05, 4.69) is 81.5 Å². The summed E-state index contributed by atoms with van der Waals surface area (Å²) in [6.07, 6.45) is 61.7. The van der Waals surface area contributed by atoms with Gasteiger partial charge in [-0.15, -0.1) is 0 Å². The van der Waals surface area contributed by atoms with Gasteiger partial charge in [0.25, 0.3) is 0 Å². The summed E-state index contributed by atoms with van der Waals surface area (Å²) in [5.74, 6) is -1.49. The lowest BCUT2D eigenvalue weighted by atomic mass is 10.1. The highest BCUT2D eigenvalue weighted by Crippen LogP contribution is 2.43. The molecule has 0 radical (unpaired) electrons. The topological polar surface area (TPSA) is 155 Å². The molecule has 0 aromatic heterocycles. The van der Waals surface area contributed by atoms with E-state index in [1.54, 1.807) is 0 Å². The van der Waals surface area contributed by atoms with Crippen LogP contribution in [0, 0.1) is 0 Å². The Hall–Kier alpha value is -2.82. The highest BCUT2D eigenvalue weighted by atomic mass is 31.2. The average molecular weight is 1060 g/mol. The van der Waals surface area contributed by atoms with Crippen LogP contribution in [-0.4, -0.2) is 66.5 Å². The number of allylic oxidation sites excluding steroid dienone is 10. The Balaban J connectivity index is 4.74. The van der Waals surface area contributed by atoms with Crippen molar-refractivity contribution in [3.63, 3.8) is 0 Å². The fraction of sp³-hybridized carbons (Fsp3) is 0.790. The number of carbonyl (C=O) groups is 3. The van der Waals surface area contributed by atoms with E-state index in [4.69, 9.17) is 23.3 Å². The Morgan fingerprint density at radius 2 is 0.662 bits per heavy atom. The summed E-state index contributed by atoms with van der Waals surface area (Å²) in [6.45, 7) is 4.59. The Bertz CT molecular complexity index is 1470. The predicted molar refractivity (Wildman–Crippen MR) is 307 cm³/mol. The smallest absolute Gasteiger partial charge is 0.462 e. The molecule has 0 aromatic rings. The molecule has 0 amide bonds. The van der Waals surface area contributed by atoms with E-state index in [1.807, 2.05) is 0 Å². The average Bonchev–Trinajstić information content (AvgIpc) is 3.39. The summed E-state index contributed by atoms with van der Waals surface area (Å²) in [4.78, 5) is 48.6. The molecule has 2 N–H and O–H groups in total. The lowest BCUT2D eigenvalue weighted by molar-refractivity contribution is -0.161. The van der Waals surface area contributed by atoms with Gasteiger partial charge in [-0.2, -0.15) is 0 Å². The molecule has 3 unspecified atom stereocenters. The van der Waals surface area contributed by atoms with E-state index in [0.29, 0.717) is 19.3 Å². The molecule has 0 bridgehead atoms. The Morgan fingerprint density at radius 1 is 0.378 bits per heavy atom. The molecule has 0 aliphatic rings. The van der Waals surface area contributed by atoms with Gasteiger partial charge >= 0.3 is 25.7 Å². The molecule has 0 fully saturated rings. The number of aliphatic hydroxyl groups is 1. The fourth-order valence-corrected chi connectivity index (χ4v) is 9.02. The first-order valence-corrected chi connectivity index (χ1v) is 31.7. The van der Waals surface area contributed by atoms with Crippen LogP contribution in [0.4, 0.5) is 0 Å². The number of carbonyl (C=O) groups excluding carboxylic acids is 3. The van der Waals surface area contributed by atoms with Crippen molar-refractivity contribution in [3.05, 3.63) is 60.8 Å². The molecule has 0 saturated heterocycles. The zero-order chi connectivity index (χ0) is 54.1. The number of rotatable bonds is 56. The first-order chi connectivity index (χ1) is 36.2. The number of ether oxygens (including phenoxy) is 3. The van der Waals surface area contributed by atoms with Crippen LogP contribution in [0.2, 0.25) is 0 Å². The van der Waals surface area contributed by atoms with Gasteiger partial charge in [0.2, 0.25) is 0 Å². The van der Waals surface area contributed by atoms with Crippen molar-refractivity contribution in [2.24, 2.45) is 0 Å². The maximum Gasteiger partial charge on any atom is 0.472 e. The van der Waals surface area contributed by atoms with Crippen LogP contribution in [0.25, 0.3) is 0 Å². The Labute approximate surface area is 453 Å². The second-order valence-corrected chi connectivity index (χ2v) is 21.6. The van der Waals surface area contributed by atoms with Gasteiger partial charge in [0.05, 0.1) is 19.8 Å². The van der Waals surface area contributed by atoms with Crippen molar-refractivity contribution in [1.82, 2.24) is 0 Å². The van der Waals surface area contributed by atoms with E-state index in [-0.39, 0.29) is 25.9 Å². The lowest BCUT2D eigenvalue weighted by Gasteiger charge is -2.21. The maximum absolute atomic E-state index is 12.9. The number of phosphoric ester groups is 1. The molecule has 0 aliphatic carbocycles. The molecule has 0 rings (SSSR count). The summed E-state index contributed by atoms with van der Waals surface area (Å²) in [7, 11) is -4.75. The molecule has 0 aliphatic heterocycles. The number of hydrogen-bond acceptors (Lipinski definition) is 10. The van der Waals surface area contributed by atoms with Crippen LogP contribution < -0.4 is 0 Å². The van der Waals surface area contributed by atoms with Crippen molar-refractivity contribution in [1.29, 1.82) is 0 Å². The summed E-state index contributed by atoms with van der Waals surface area (Å²) in [5, 5.41) is 9.81. The molecule has 12 heteroatoms. The summed E-state index contributed by atoms with van der Waals surface area (Å²) in [5.41, 5.74) is 0. The minimum atomic E-state index is -4.75. The van der Waals surface area contributed by atoms with Gasteiger partial charge in [-0.1, -0.05) is 210 Å². The molecule has 0 heterocycles. The maximum atomic E-state index is 12.9. The molecular weight excluding hydrogens is 952 g/mol. The quantitative estimate of drug-likeness (QED) is 0.0197. The van der Waals surface area contributed by atoms with Crippen molar-refractivity contribution in [3.8, 4) is 0 Å². The van der Waals surface area contributed by atoms with E-state index < -0.39 is 57.8 Å². The predicted octanol–water partition coefficient (Wildman–Crippen LogP) is 17.9. The number of hydrogen-bond donors (Lipinski definition) is 2. The highest BCUT2D eigenvalue weighted by molar-refractivity contribution is 7.47. The molecule has 11 nitrogen and oxygen atoms in total. The van der Waals surface area contributed by atoms with Crippen molar-refractivity contribution < 1.29 is 52.2 Å². The third kappa shape index (κ3) is 54.0. The summed E-state index contributed by atoms with van der Waals surface area (Å²) < 4.78 is 39.5. The molecule has 430 valence electrons. The van der Waals surface area contributed by atoms with Gasteiger partial charge in [0.15, 0.2) is 6.10 Å². The van der Waals surface area contributed by atoms with Crippen LogP contribution in [0.3, 0.4) is 0 Å². The minimum Gasteiger partial charge on any atom is -0.462 e. The van der Waals surface area contributed by atoms with Gasteiger partial charge in [-0.25, -0.2) is 4.57 Å². The van der Waals surface area contributed by atoms with Gasteiger partial charge in [0.1, 0.15) is 12.7 Å². The van der Waals surface area contributed by atoms with Crippen LogP contribution in [-0.2, 0) is 42.2 Å². The second-order valence-electron chi connectivity index (χ2n) is 20.2. The highest BCUT2D eigenvalue weighted by Gasteiger charge is 2.28. The van der Waals surface area contributed by atoms with E-state index in [1.165, 1.54) is 89.9 Å². The zero-order valence-electron chi connectivity index (χ0n) is 47.6. The minimum absolute atomic E-state index is 0.154. The van der Waals surface area contributed by atoms with Gasteiger partial charge in [-0.3, -0.25) is 23.4 Å². The van der Waals surface area contributed by atoms with Crippen molar-refractivity contribution in [2.45, 2.75) is 290 Å². The first-order valence-electron chi connectivity index (χ1n) is 30.2. The molecular formula is C62H111O11P. The standard InChI is InChI=1S/C62H111O11P/c1-4-7-10-13-16-19-22-25-27-28-29-30-32-34-36-39-42-45-48-51-60(64)69-55-59(73-62(66)53-50-47-44-41-38-35-31-26-23-20-17-14-11-8-5-2)57-71-74(67,68)70-56-58(54-63)72-61(65)52-49-46-43-40-37-33-24-21-18-15-12-9-6-3/h16,19,21,24-27,29-31,58-59,63H,4-15,17-18,20,22-23,28,32-57H2,1-3H3,(H,67,68)/b19-16-,24-21-,27-25-,30-29-,31-26-. The van der Waals surface area contributed by atoms with E-state index >= 15 is 0 Å². The molecule has 0 aromatic carbocycles. The van der Waals surface area contributed by atoms with Gasteiger partial charge in [-0.05, 0) is 109 Å². The summed E-state index contributed by atoms with van der Waals surface area (Å²) >= 11 is 0. The van der Waals surface area contributed by atoms with Crippen LogP contribution in [0.1, 0.15) is 278 Å². The Morgan fingerprint density at radius 3 is 1.07 bits per heavy atom. The van der Waals surface area contributed by atoms with E-state index in [9.17, 15) is 28.9 Å². The zero-order valence-corrected chi connectivity index (χ0v) is 48.5. The number of aliphatic hydroxyl groups excluding tert-OH is 1. The van der Waals surface area contributed by atoms with Gasteiger partial charge in [0, 0.05) is 19.3 Å². The first kappa shape index (κ1) is 71.2. The lowest BCUT2D eigenvalue weighted by Crippen LogP contribution is -2.30. The fourth-order valence-electron chi connectivity index (χ4n) is 8.23. The summed E-state index contributed by atoms with van der Waals surface area (Å²) in [6, 6.07) is 0. The monoisotopic (exact) mass is 1060 g/mol. The third-order valence-corrected chi connectivity index (χ3v) is 13.8. The third-order valence-electron chi connectivity index (χ3n) is 12.9. The van der Waals surface area contributed by atoms with E-state index in [0.717, 1.165) is 128 Å². The second kappa shape index (κ2) is 56.4. The van der Waals surface area contributed by atoms with Crippen LogP contribution in [0.15, 0.2) is 60.8 Å².